The van der Waals surface area contributed by atoms with Gasteiger partial charge in [0.1, 0.15) is 0 Å². The largest absolute Gasteiger partial charge is 0.478 e. The van der Waals surface area contributed by atoms with Gasteiger partial charge in [0.2, 0.25) is 0 Å². The predicted molar refractivity (Wildman–Crippen MR) is 100 cm³/mol. The quantitative estimate of drug-likeness (QED) is 0.829. The number of carboxylic acid groups (broad SMARTS) is 1. The van der Waals surface area contributed by atoms with E-state index >= 15 is 0 Å². The summed E-state index contributed by atoms with van der Waals surface area (Å²) in [6, 6.07) is 8.82. The second-order valence-corrected chi connectivity index (χ2v) is 7.20. The summed E-state index contributed by atoms with van der Waals surface area (Å²) in [5, 5.41) is 13.3. The minimum Gasteiger partial charge on any atom is -0.478 e. The van der Waals surface area contributed by atoms with E-state index in [0.29, 0.717) is 24.7 Å². The van der Waals surface area contributed by atoms with Crippen molar-refractivity contribution in [2.75, 3.05) is 0 Å². The fourth-order valence-electron chi connectivity index (χ4n) is 4.02. The van der Waals surface area contributed by atoms with Crippen LogP contribution in [0.1, 0.15) is 64.1 Å². The van der Waals surface area contributed by atoms with E-state index in [1.165, 1.54) is 36.8 Å². The fraction of sp³-hybridized carbons (Fsp3) is 0.476. The van der Waals surface area contributed by atoms with Gasteiger partial charge in [-0.25, -0.2) is 4.79 Å². The van der Waals surface area contributed by atoms with Gasteiger partial charge in [0, 0.05) is 36.1 Å². The van der Waals surface area contributed by atoms with E-state index in [0.717, 1.165) is 17.0 Å². The number of aryl methyl sites for hydroxylation is 1. The molecular formula is C21H28N2O2. The third kappa shape index (κ3) is 3.64. The van der Waals surface area contributed by atoms with Crippen LogP contribution < -0.4 is 5.32 Å². The van der Waals surface area contributed by atoms with Crippen LogP contribution in [0.5, 0.6) is 0 Å². The Morgan fingerprint density at radius 1 is 1.16 bits per heavy atom. The normalized spacial score (nSPS) is 15.0. The Labute approximate surface area is 149 Å². The Bertz CT molecular complexity index is 770. The lowest BCUT2D eigenvalue weighted by Gasteiger charge is -2.14. The molecule has 0 radical (unpaired) electrons. The van der Waals surface area contributed by atoms with Crippen molar-refractivity contribution in [3.8, 4) is 0 Å². The molecule has 0 aliphatic heterocycles. The molecular weight excluding hydrogens is 312 g/mol. The van der Waals surface area contributed by atoms with Crippen molar-refractivity contribution in [3.05, 3.63) is 57.9 Å². The molecule has 0 bridgehead atoms. The lowest BCUT2D eigenvalue weighted by molar-refractivity contribution is 0.0694. The average Bonchev–Trinajstić information content (AvgIpc) is 3.16. The van der Waals surface area contributed by atoms with Crippen LogP contribution in [-0.2, 0) is 13.1 Å². The molecule has 3 rings (SSSR count). The van der Waals surface area contributed by atoms with E-state index in [1.54, 1.807) is 0 Å². The molecule has 2 aromatic rings. The highest BCUT2D eigenvalue weighted by molar-refractivity contribution is 5.91. The maximum Gasteiger partial charge on any atom is 0.337 e. The summed E-state index contributed by atoms with van der Waals surface area (Å²) < 4.78 is 2.15. The highest BCUT2D eigenvalue weighted by Crippen LogP contribution is 2.26. The molecule has 2 N–H and O–H groups in total. The number of nitrogens with zero attached hydrogens (tertiary/aromatic N) is 1. The van der Waals surface area contributed by atoms with Gasteiger partial charge >= 0.3 is 5.97 Å². The molecule has 1 fully saturated rings. The highest BCUT2D eigenvalue weighted by atomic mass is 16.4. The standard InChI is InChI=1S/C21H28N2O2/c1-14-8-4-5-9-17(14)13-23-15(2)19(20(16(23)3)21(24)25)12-22-18-10-6-7-11-18/h4-5,8-9,18,22H,6-7,10-13H2,1-3H3,(H,24,25). The molecule has 25 heavy (non-hydrogen) atoms. The van der Waals surface area contributed by atoms with Gasteiger partial charge in [-0.1, -0.05) is 37.1 Å². The van der Waals surface area contributed by atoms with Crippen LogP contribution >= 0.6 is 0 Å². The molecule has 0 unspecified atom stereocenters. The molecule has 1 aromatic carbocycles. The zero-order valence-electron chi connectivity index (χ0n) is 15.4. The Kier molecular flexibility index (Phi) is 5.28. The third-order valence-electron chi connectivity index (χ3n) is 5.64. The smallest absolute Gasteiger partial charge is 0.337 e. The maximum absolute atomic E-state index is 11.9. The summed E-state index contributed by atoms with van der Waals surface area (Å²) >= 11 is 0. The maximum atomic E-state index is 11.9. The molecule has 4 heteroatoms. The molecule has 1 heterocycles. The zero-order chi connectivity index (χ0) is 18.0. The van der Waals surface area contributed by atoms with Gasteiger partial charge in [0.05, 0.1) is 5.56 Å². The first-order chi connectivity index (χ1) is 12.0. The molecule has 1 aliphatic carbocycles. The van der Waals surface area contributed by atoms with E-state index in [9.17, 15) is 9.90 Å². The van der Waals surface area contributed by atoms with Crippen molar-refractivity contribution in [3.63, 3.8) is 0 Å². The summed E-state index contributed by atoms with van der Waals surface area (Å²) in [5.74, 6) is -0.827. The van der Waals surface area contributed by atoms with Crippen molar-refractivity contribution in [1.29, 1.82) is 0 Å². The van der Waals surface area contributed by atoms with Gasteiger partial charge in [-0.05, 0) is 44.7 Å². The second-order valence-electron chi connectivity index (χ2n) is 7.20. The minimum atomic E-state index is -0.827. The summed E-state index contributed by atoms with van der Waals surface area (Å²) in [4.78, 5) is 11.9. The average molecular weight is 340 g/mol. The molecule has 4 nitrogen and oxygen atoms in total. The predicted octanol–water partition coefficient (Wildman–Crippen LogP) is 4.19. The van der Waals surface area contributed by atoms with Crippen LogP contribution in [-0.4, -0.2) is 21.7 Å². The van der Waals surface area contributed by atoms with Crippen molar-refractivity contribution in [2.45, 2.75) is 65.6 Å². The van der Waals surface area contributed by atoms with Crippen molar-refractivity contribution in [1.82, 2.24) is 9.88 Å². The number of aromatic carboxylic acids is 1. The lowest BCUT2D eigenvalue weighted by Crippen LogP contribution is -2.26. The fourth-order valence-corrected chi connectivity index (χ4v) is 4.02. The van der Waals surface area contributed by atoms with Crippen LogP contribution in [0.4, 0.5) is 0 Å². The van der Waals surface area contributed by atoms with Gasteiger partial charge in [-0.3, -0.25) is 0 Å². The van der Waals surface area contributed by atoms with Gasteiger partial charge in [-0.15, -0.1) is 0 Å². The van der Waals surface area contributed by atoms with Crippen molar-refractivity contribution in [2.24, 2.45) is 0 Å². The SMILES string of the molecule is Cc1ccccc1Cn1c(C)c(CNC2CCCC2)c(C(=O)O)c1C. The van der Waals surface area contributed by atoms with E-state index in [2.05, 4.69) is 28.9 Å². The molecule has 0 spiro atoms. The first kappa shape index (κ1) is 17.7. The molecule has 1 aromatic heterocycles. The number of carbonyl (C=O) groups is 1. The van der Waals surface area contributed by atoms with E-state index in [4.69, 9.17) is 0 Å². The van der Waals surface area contributed by atoms with Crippen molar-refractivity contribution < 1.29 is 9.90 Å². The Balaban J connectivity index is 1.91. The first-order valence-corrected chi connectivity index (χ1v) is 9.18. The number of carboxylic acids is 1. The van der Waals surface area contributed by atoms with Crippen LogP contribution in [0.25, 0.3) is 0 Å². The minimum absolute atomic E-state index is 0.469. The topological polar surface area (TPSA) is 54.3 Å². The monoisotopic (exact) mass is 340 g/mol. The molecule has 1 saturated carbocycles. The van der Waals surface area contributed by atoms with Gasteiger partial charge < -0.3 is 15.0 Å². The van der Waals surface area contributed by atoms with Crippen LogP contribution in [0, 0.1) is 20.8 Å². The number of rotatable bonds is 6. The third-order valence-corrected chi connectivity index (χ3v) is 5.64. The number of hydrogen-bond donors (Lipinski definition) is 2. The summed E-state index contributed by atoms with van der Waals surface area (Å²) in [6.45, 7) is 7.43. The zero-order valence-corrected chi connectivity index (χ0v) is 15.4. The summed E-state index contributed by atoms with van der Waals surface area (Å²) in [5.41, 5.74) is 5.77. The lowest BCUT2D eigenvalue weighted by atomic mass is 10.1. The number of aromatic nitrogens is 1. The Hall–Kier alpha value is -2.07. The number of benzene rings is 1. The van der Waals surface area contributed by atoms with Gasteiger partial charge in [0.15, 0.2) is 0 Å². The van der Waals surface area contributed by atoms with E-state index < -0.39 is 5.97 Å². The second kappa shape index (κ2) is 7.44. The Morgan fingerprint density at radius 2 is 1.84 bits per heavy atom. The van der Waals surface area contributed by atoms with Crippen molar-refractivity contribution >= 4 is 5.97 Å². The van der Waals surface area contributed by atoms with Crippen LogP contribution in [0.15, 0.2) is 24.3 Å². The van der Waals surface area contributed by atoms with Gasteiger partial charge in [0.25, 0.3) is 0 Å². The first-order valence-electron chi connectivity index (χ1n) is 9.18. The van der Waals surface area contributed by atoms with E-state index in [1.807, 2.05) is 26.0 Å². The summed E-state index contributed by atoms with van der Waals surface area (Å²) in [6.07, 6.45) is 4.94. The molecule has 1 aliphatic rings. The van der Waals surface area contributed by atoms with Crippen LogP contribution in [0.2, 0.25) is 0 Å². The molecule has 0 amide bonds. The molecule has 0 saturated heterocycles. The Morgan fingerprint density at radius 3 is 2.48 bits per heavy atom. The highest BCUT2D eigenvalue weighted by Gasteiger charge is 2.24. The summed E-state index contributed by atoms with van der Waals surface area (Å²) in [7, 11) is 0. The van der Waals surface area contributed by atoms with E-state index in [-0.39, 0.29) is 0 Å². The van der Waals surface area contributed by atoms with Gasteiger partial charge in [-0.2, -0.15) is 0 Å². The molecule has 134 valence electrons. The van der Waals surface area contributed by atoms with Crippen LogP contribution in [0.3, 0.4) is 0 Å². The number of hydrogen-bond acceptors (Lipinski definition) is 2. The number of nitrogens with one attached hydrogen (secondary N) is 1. The molecule has 0 atom stereocenters.